The summed E-state index contributed by atoms with van der Waals surface area (Å²) in [6.07, 6.45) is 6.88. The molecule has 20 nitrogen and oxygen atoms in total. The molecule has 20 heteroatoms. The lowest BCUT2D eigenvalue weighted by atomic mass is 9.99. The molecule has 350 valence electrons. The van der Waals surface area contributed by atoms with Gasteiger partial charge in [-0.1, -0.05) is 58.7 Å². The van der Waals surface area contributed by atoms with Crippen molar-refractivity contribution < 1.29 is 28.8 Å². The Bertz CT molecular complexity index is 1660. The molecule has 0 spiro atoms. The fourth-order valence-corrected chi connectivity index (χ4v) is 6.74. The van der Waals surface area contributed by atoms with E-state index in [0.29, 0.717) is 45.3 Å². The molecule has 0 aliphatic rings. The highest BCUT2D eigenvalue weighted by atomic mass is 16.2. The normalized spacial score (nSPS) is 13.6. The highest BCUT2D eigenvalue weighted by Crippen LogP contribution is 2.19. The number of unbranched alkanes of at least 4 members (excludes halogenated alkanes) is 2. The second kappa shape index (κ2) is 29.7. The lowest BCUT2D eigenvalue weighted by molar-refractivity contribution is -0.118. The molecule has 0 saturated heterocycles. The molecule has 2 aromatic rings. The summed E-state index contributed by atoms with van der Waals surface area (Å²) in [4.78, 5) is 79.4. The number of amides is 11. The van der Waals surface area contributed by atoms with Gasteiger partial charge in [-0.25, -0.2) is 24.0 Å². The van der Waals surface area contributed by atoms with Gasteiger partial charge >= 0.3 is 30.2 Å². The number of rotatable bonds is 29. The quantitative estimate of drug-likeness (QED) is 0.0534. The van der Waals surface area contributed by atoms with Gasteiger partial charge in [-0.15, -0.1) is 0 Å². The Morgan fingerprint density at radius 2 is 1.05 bits per heavy atom. The first-order chi connectivity index (χ1) is 29.6. The van der Waals surface area contributed by atoms with Crippen molar-refractivity contribution in [2.45, 2.75) is 123 Å². The van der Waals surface area contributed by atoms with Crippen LogP contribution in [0.25, 0.3) is 10.9 Å². The van der Waals surface area contributed by atoms with E-state index in [4.69, 9.17) is 17.2 Å². The molecule has 17 N–H and O–H groups in total. The molecule has 2 rings (SSSR count). The Morgan fingerprint density at radius 3 is 1.56 bits per heavy atom. The zero-order valence-electron chi connectivity index (χ0n) is 37.4. The molecule has 0 aliphatic carbocycles. The predicted octanol–water partition coefficient (Wildman–Crippen LogP) is 1.90. The number of hydrogen-bond acceptors (Lipinski definition) is 8. The number of hydrogen-bond donors (Lipinski definition) is 14. The lowest BCUT2D eigenvalue weighted by Crippen LogP contribution is -2.55. The van der Waals surface area contributed by atoms with Gasteiger partial charge in [0.1, 0.15) is 0 Å². The summed E-state index contributed by atoms with van der Waals surface area (Å²) >= 11 is 0. The summed E-state index contributed by atoms with van der Waals surface area (Å²) in [6.45, 7) is 11.6. The average molecular weight is 873 g/mol. The van der Waals surface area contributed by atoms with Crippen LogP contribution in [0.4, 0.5) is 24.0 Å². The third-order valence-corrected chi connectivity index (χ3v) is 10.5. The van der Waals surface area contributed by atoms with Gasteiger partial charge in [0.05, 0.1) is 12.1 Å². The van der Waals surface area contributed by atoms with Crippen molar-refractivity contribution in [2.24, 2.45) is 29.0 Å². The van der Waals surface area contributed by atoms with Crippen LogP contribution in [0.3, 0.4) is 0 Å². The van der Waals surface area contributed by atoms with Gasteiger partial charge in [0, 0.05) is 74.4 Å². The summed E-state index contributed by atoms with van der Waals surface area (Å²) in [5, 5.41) is 29.8. The monoisotopic (exact) mass is 873 g/mol. The fraction of sp³-hybridized carbons (Fsp3) is 0.667. The largest absolute Gasteiger partial charge is 0.370 e. The Labute approximate surface area is 366 Å². The number of nitrogens with two attached hydrogens (primary N) is 3. The number of carbonyl (C=O) groups excluding carboxylic acids is 6. The maximum atomic E-state index is 13.5. The molecule has 0 fully saturated rings. The van der Waals surface area contributed by atoms with Gasteiger partial charge in [-0.05, 0) is 82.0 Å². The molecule has 0 bridgehead atoms. The first kappa shape index (κ1) is 52.6. The minimum atomic E-state index is -0.551. The maximum Gasteiger partial charge on any atom is 0.315 e. The Balaban J connectivity index is 2.10. The number of carbonyl (C=O) groups is 6. The highest BCUT2D eigenvalue weighted by Gasteiger charge is 2.22. The third kappa shape index (κ3) is 21.8. The van der Waals surface area contributed by atoms with Crippen molar-refractivity contribution in [3.05, 3.63) is 36.0 Å². The smallest absolute Gasteiger partial charge is 0.315 e. The number of H-pyrrole nitrogens is 1. The Morgan fingerprint density at radius 1 is 0.581 bits per heavy atom. The van der Waals surface area contributed by atoms with Gasteiger partial charge in [-0.2, -0.15) is 0 Å². The van der Waals surface area contributed by atoms with Crippen LogP contribution in [0, 0.1) is 11.8 Å². The highest BCUT2D eigenvalue weighted by molar-refractivity contribution is 5.83. The number of urea groups is 5. The van der Waals surface area contributed by atoms with Crippen molar-refractivity contribution in [3.63, 3.8) is 0 Å². The van der Waals surface area contributed by atoms with Gasteiger partial charge in [0.25, 0.3) is 0 Å². The number of para-hydroxylation sites is 1. The van der Waals surface area contributed by atoms with Crippen molar-refractivity contribution in [1.29, 1.82) is 0 Å². The van der Waals surface area contributed by atoms with Crippen molar-refractivity contribution in [1.82, 2.24) is 58.2 Å². The zero-order chi connectivity index (χ0) is 45.9. The van der Waals surface area contributed by atoms with Gasteiger partial charge < -0.3 is 75.4 Å². The van der Waals surface area contributed by atoms with Crippen LogP contribution in [0.5, 0.6) is 0 Å². The Hall–Kier alpha value is -5.50. The van der Waals surface area contributed by atoms with Crippen molar-refractivity contribution >= 4 is 47.0 Å². The minimum absolute atomic E-state index is 0.0598. The molecule has 0 radical (unpaired) electrons. The van der Waals surface area contributed by atoms with Gasteiger partial charge in [0.15, 0.2) is 0 Å². The topological polar surface area (TPSA) is 317 Å². The van der Waals surface area contributed by atoms with Gasteiger partial charge in [0.2, 0.25) is 5.91 Å². The molecule has 1 aromatic carbocycles. The van der Waals surface area contributed by atoms with E-state index >= 15 is 0 Å². The number of fused-ring (bicyclic) bond motifs is 1. The predicted molar refractivity (Wildman–Crippen MR) is 243 cm³/mol. The first-order valence-corrected chi connectivity index (χ1v) is 22.1. The van der Waals surface area contributed by atoms with E-state index in [1.54, 1.807) is 0 Å². The second-order valence-corrected chi connectivity index (χ2v) is 16.4. The SMILES string of the molecule is CCNC(=O)N[C@H](CNC(=O)N[C@@H](CCCCN)CNC(=O)N[C@H](CNC(=O)N[C@@H](CCCCN)CNC(=O)N[C@H](CCC(N)=O)C(C)C)Cc1c[nH]c2ccccc12)C(C)C. The third-order valence-electron chi connectivity index (χ3n) is 10.5. The number of aromatic nitrogens is 1. The van der Waals surface area contributed by atoms with E-state index in [1.807, 2.05) is 65.1 Å². The summed E-state index contributed by atoms with van der Waals surface area (Å²) in [7, 11) is 0. The van der Waals surface area contributed by atoms with Crippen LogP contribution in [0.2, 0.25) is 0 Å². The molecule has 0 unspecified atom stereocenters. The van der Waals surface area contributed by atoms with Crippen LogP contribution in [-0.4, -0.2) is 117 Å². The van der Waals surface area contributed by atoms with E-state index in [2.05, 4.69) is 58.2 Å². The summed E-state index contributed by atoms with van der Waals surface area (Å²) in [6, 6.07) is 3.72. The number of nitrogens with one attached hydrogen (secondary N) is 11. The van der Waals surface area contributed by atoms with Crippen molar-refractivity contribution in [2.75, 3.05) is 45.8 Å². The lowest BCUT2D eigenvalue weighted by Gasteiger charge is -2.25. The van der Waals surface area contributed by atoms with Crippen molar-refractivity contribution in [3.8, 4) is 0 Å². The van der Waals surface area contributed by atoms with E-state index in [9.17, 15) is 28.8 Å². The zero-order valence-corrected chi connectivity index (χ0v) is 37.4. The van der Waals surface area contributed by atoms with Crippen LogP contribution >= 0.6 is 0 Å². The molecule has 0 saturated carbocycles. The first-order valence-electron chi connectivity index (χ1n) is 22.1. The number of primary amides is 1. The van der Waals surface area contributed by atoms with E-state index in [1.165, 1.54) is 0 Å². The molecule has 1 aromatic heterocycles. The molecule has 5 atom stereocenters. The number of aromatic amines is 1. The summed E-state index contributed by atoms with van der Waals surface area (Å²) < 4.78 is 0. The van der Waals surface area contributed by atoms with E-state index < -0.39 is 48.2 Å². The summed E-state index contributed by atoms with van der Waals surface area (Å²) in [5.41, 5.74) is 18.7. The fourth-order valence-electron chi connectivity index (χ4n) is 6.74. The average Bonchev–Trinajstić information content (AvgIpc) is 3.63. The van der Waals surface area contributed by atoms with Crippen LogP contribution in [0.15, 0.2) is 30.5 Å². The molecular formula is C42H76N14O6. The standard InChI is InChI=1S/C42H76N14O6/c1-6-46-38(58)56-36(28(4)5)26-51-41(61)53-30(13-9-11-19-43)23-48-40(60)54-32(21-29-22-47-35-16-8-7-15-33(29)35)25-50-39(59)52-31(14-10-12-20-44)24-49-42(62)55-34(27(2)3)17-18-37(45)57/h7-8,15-16,22,27-28,30-32,34,36,47H,6,9-14,17-21,23-26,43-44H2,1-5H3,(H2,45,57)(H2,46,56,58)(H2,48,54,60)(H2,49,55,62)(H2,50,52,59)(H2,51,53,61)/t30-,31-,32-,34+,36+/m0/s1. The van der Waals surface area contributed by atoms with E-state index in [-0.39, 0.29) is 62.6 Å². The molecule has 11 amide bonds. The minimum Gasteiger partial charge on any atom is -0.370 e. The maximum absolute atomic E-state index is 13.5. The molecular weight excluding hydrogens is 797 g/mol. The van der Waals surface area contributed by atoms with Crippen LogP contribution in [-0.2, 0) is 11.2 Å². The Kier molecular flexibility index (Phi) is 25.2. The van der Waals surface area contributed by atoms with Crippen LogP contribution in [0.1, 0.15) is 91.5 Å². The summed E-state index contributed by atoms with van der Waals surface area (Å²) in [5.74, 6) is -0.308. The molecule has 62 heavy (non-hydrogen) atoms. The number of benzene rings is 1. The van der Waals surface area contributed by atoms with Crippen LogP contribution < -0.4 is 70.4 Å². The van der Waals surface area contributed by atoms with Gasteiger partial charge in [-0.3, -0.25) is 4.79 Å². The molecule has 1 heterocycles. The molecule has 0 aliphatic heterocycles. The van der Waals surface area contributed by atoms with E-state index in [0.717, 1.165) is 42.1 Å². The second-order valence-electron chi connectivity index (χ2n) is 16.4.